The van der Waals surface area contributed by atoms with Gasteiger partial charge in [-0.15, -0.1) is 0 Å². The predicted octanol–water partition coefficient (Wildman–Crippen LogP) is 1.96. The van der Waals surface area contributed by atoms with Gasteiger partial charge in [0.15, 0.2) is 5.69 Å². The first-order valence-electron chi connectivity index (χ1n) is 3.43. The molecule has 0 unspecified atom stereocenters. The van der Waals surface area contributed by atoms with Gasteiger partial charge in [0.2, 0.25) is 0 Å². The van der Waals surface area contributed by atoms with Gasteiger partial charge in [-0.25, -0.2) is 4.79 Å². The molecule has 0 spiro atoms. The Balaban J connectivity index is 0.000000261. The van der Waals surface area contributed by atoms with Crippen molar-refractivity contribution in [2.75, 3.05) is 0 Å². The Morgan fingerprint density at radius 2 is 2.17 bits per heavy atom. The Kier molecular flexibility index (Phi) is 5.34. The van der Waals surface area contributed by atoms with Gasteiger partial charge in [-0.2, -0.15) is 0 Å². The van der Waals surface area contributed by atoms with Crippen LogP contribution >= 0.6 is 0 Å². The summed E-state index contributed by atoms with van der Waals surface area (Å²) < 4.78 is 4.24. The minimum atomic E-state index is -1.07. The van der Waals surface area contributed by atoms with Gasteiger partial charge in [0, 0.05) is 6.07 Å². The van der Waals surface area contributed by atoms with E-state index in [1.54, 1.807) is 0 Å². The van der Waals surface area contributed by atoms with E-state index in [4.69, 9.17) is 5.11 Å². The maximum Gasteiger partial charge on any atom is 0.358 e. The molecule has 0 saturated carbocycles. The zero-order valence-electron chi connectivity index (χ0n) is 7.02. The second-order valence-corrected chi connectivity index (χ2v) is 1.86. The summed E-state index contributed by atoms with van der Waals surface area (Å²) in [5, 5.41) is 11.3. The van der Waals surface area contributed by atoms with Crippen molar-refractivity contribution in [2.24, 2.45) is 0 Å². The third kappa shape index (κ3) is 4.27. The molecule has 66 valence electrons. The van der Waals surface area contributed by atoms with Crippen LogP contribution in [0.15, 0.2) is 29.0 Å². The van der Waals surface area contributed by atoms with Crippen molar-refractivity contribution in [3.63, 3.8) is 0 Å². The molecule has 0 aliphatic rings. The van der Waals surface area contributed by atoms with Gasteiger partial charge in [-0.3, -0.25) is 0 Å². The highest BCUT2D eigenvalue weighted by molar-refractivity contribution is 5.84. The summed E-state index contributed by atoms with van der Waals surface area (Å²) in [6, 6.07) is 1.28. The predicted molar refractivity (Wildman–Crippen MR) is 44.0 cm³/mol. The highest BCUT2D eigenvalue weighted by Gasteiger charge is 2.02. The number of carbonyl (C=O) groups is 1. The molecule has 0 atom stereocenters. The van der Waals surface area contributed by atoms with Crippen LogP contribution in [0.25, 0.3) is 0 Å². The Morgan fingerprint density at radius 3 is 2.33 bits per heavy atom. The van der Waals surface area contributed by atoms with E-state index < -0.39 is 5.97 Å². The van der Waals surface area contributed by atoms with Crippen LogP contribution in [0.4, 0.5) is 0 Å². The first kappa shape index (κ1) is 10.4. The fraction of sp³-hybridized carbons (Fsp3) is 0.250. The molecular weight excluding hydrogens is 158 g/mol. The van der Waals surface area contributed by atoms with E-state index in [9.17, 15) is 4.79 Å². The number of carboxylic acid groups (broad SMARTS) is 1. The van der Waals surface area contributed by atoms with Crippen LogP contribution in [-0.4, -0.2) is 16.2 Å². The minimum absolute atomic E-state index is 0.0648. The summed E-state index contributed by atoms with van der Waals surface area (Å²) in [5.41, 5.74) is -0.0648. The average molecular weight is 169 g/mol. The monoisotopic (exact) mass is 169 g/mol. The van der Waals surface area contributed by atoms with E-state index in [0.29, 0.717) is 0 Å². The van der Waals surface area contributed by atoms with Crippen molar-refractivity contribution in [2.45, 2.75) is 13.8 Å². The normalized spacial score (nSPS) is 9.17. The lowest BCUT2D eigenvalue weighted by molar-refractivity contribution is 0.0685. The fourth-order valence-electron chi connectivity index (χ4n) is 0.323. The third-order valence-corrected chi connectivity index (χ3v) is 0.990. The lowest BCUT2D eigenvalue weighted by Crippen LogP contribution is -1.94. The van der Waals surface area contributed by atoms with Gasteiger partial charge < -0.3 is 9.63 Å². The van der Waals surface area contributed by atoms with Crippen molar-refractivity contribution in [1.29, 1.82) is 0 Å². The summed E-state index contributed by atoms with van der Waals surface area (Å²) in [7, 11) is 0. The Morgan fingerprint density at radius 1 is 1.58 bits per heavy atom. The molecule has 0 aliphatic carbocycles. The summed E-state index contributed by atoms with van der Waals surface area (Å²) >= 11 is 0. The molecule has 4 heteroatoms. The van der Waals surface area contributed by atoms with Crippen molar-refractivity contribution >= 4 is 5.97 Å². The molecule has 0 bridgehead atoms. The van der Waals surface area contributed by atoms with Crippen LogP contribution in [0.1, 0.15) is 24.3 Å². The first-order valence-corrected chi connectivity index (χ1v) is 3.43. The molecule has 1 N–H and O–H groups in total. The number of rotatable bonds is 1. The lowest BCUT2D eigenvalue weighted by atomic mass is 10.5. The summed E-state index contributed by atoms with van der Waals surface area (Å²) in [5.74, 6) is -1.07. The number of aromatic nitrogens is 1. The largest absolute Gasteiger partial charge is 0.476 e. The molecule has 12 heavy (non-hydrogen) atoms. The third-order valence-electron chi connectivity index (χ3n) is 0.990. The Hall–Kier alpha value is -1.58. The zero-order valence-corrected chi connectivity index (χ0v) is 7.02. The number of allylic oxidation sites excluding steroid dienone is 2. The van der Waals surface area contributed by atoms with Gasteiger partial charge >= 0.3 is 5.97 Å². The maximum absolute atomic E-state index is 9.94. The minimum Gasteiger partial charge on any atom is -0.476 e. The van der Waals surface area contributed by atoms with Crippen LogP contribution < -0.4 is 0 Å². The molecule has 1 aromatic heterocycles. The van der Waals surface area contributed by atoms with Crippen LogP contribution in [-0.2, 0) is 0 Å². The molecular formula is C8H11NO3. The molecule has 1 rings (SSSR count). The van der Waals surface area contributed by atoms with Crippen molar-refractivity contribution in [1.82, 2.24) is 5.16 Å². The number of hydrogen-bond donors (Lipinski definition) is 1. The highest BCUT2D eigenvalue weighted by atomic mass is 16.5. The van der Waals surface area contributed by atoms with Crippen molar-refractivity contribution in [3.05, 3.63) is 30.2 Å². The maximum atomic E-state index is 9.94. The highest BCUT2D eigenvalue weighted by Crippen LogP contribution is 1.91. The van der Waals surface area contributed by atoms with Crippen LogP contribution in [0.2, 0.25) is 0 Å². The van der Waals surface area contributed by atoms with Gasteiger partial charge in [-0.05, 0) is 13.8 Å². The van der Waals surface area contributed by atoms with Crippen molar-refractivity contribution < 1.29 is 14.4 Å². The summed E-state index contributed by atoms with van der Waals surface area (Å²) in [6.45, 7) is 4.00. The number of hydrogen-bond acceptors (Lipinski definition) is 3. The zero-order chi connectivity index (χ0) is 9.40. The number of aromatic carboxylic acids is 1. The first-order chi connectivity index (χ1) is 5.72. The fourth-order valence-corrected chi connectivity index (χ4v) is 0.323. The summed E-state index contributed by atoms with van der Waals surface area (Å²) in [6.07, 6.45) is 5.21. The quantitative estimate of drug-likeness (QED) is 0.652. The van der Waals surface area contributed by atoms with Gasteiger partial charge in [0.1, 0.15) is 6.26 Å². The standard InChI is InChI=1S/C4H3NO3.C4H8/c6-4(7)3-1-2-8-5-3;1-3-4-2/h1-2H,(H,6,7);3-4H,1-2H3. The second kappa shape index (κ2) is 6.15. The van der Waals surface area contributed by atoms with E-state index >= 15 is 0 Å². The van der Waals surface area contributed by atoms with Gasteiger partial charge in [-0.1, -0.05) is 17.3 Å². The Labute approximate surface area is 70.5 Å². The number of carboxylic acids is 1. The van der Waals surface area contributed by atoms with E-state index in [-0.39, 0.29) is 5.69 Å². The van der Waals surface area contributed by atoms with Crippen LogP contribution in [0.5, 0.6) is 0 Å². The van der Waals surface area contributed by atoms with Gasteiger partial charge in [0.25, 0.3) is 0 Å². The average Bonchev–Trinajstić information content (AvgIpc) is 2.57. The van der Waals surface area contributed by atoms with E-state index in [0.717, 1.165) is 0 Å². The van der Waals surface area contributed by atoms with E-state index in [2.05, 4.69) is 9.68 Å². The molecule has 1 heterocycles. The lowest BCUT2D eigenvalue weighted by Gasteiger charge is -1.75. The van der Waals surface area contributed by atoms with Gasteiger partial charge in [0.05, 0.1) is 0 Å². The molecule has 0 saturated heterocycles. The smallest absolute Gasteiger partial charge is 0.358 e. The van der Waals surface area contributed by atoms with Crippen LogP contribution in [0, 0.1) is 0 Å². The van der Waals surface area contributed by atoms with E-state index in [1.165, 1.54) is 12.3 Å². The molecule has 4 nitrogen and oxygen atoms in total. The molecule has 0 radical (unpaired) electrons. The molecule has 0 aliphatic heterocycles. The molecule has 1 aromatic rings. The summed E-state index contributed by atoms with van der Waals surface area (Å²) in [4.78, 5) is 9.94. The molecule has 0 amide bonds. The van der Waals surface area contributed by atoms with E-state index in [1.807, 2.05) is 26.0 Å². The molecule has 0 aromatic carbocycles. The molecule has 0 fully saturated rings. The number of nitrogens with zero attached hydrogens (tertiary/aromatic N) is 1. The Bertz CT molecular complexity index is 235. The second-order valence-electron chi connectivity index (χ2n) is 1.86. The van der Waals surface area contributed by atoms with Crippen molar-refractivity contribution in [3.8, 4) is 0 Å². The SMILES string of the molecule is CC=CC.O=C(O)c1ccon1. The van der Waals surface area contributed by atoms with Crippen LogP contribution in [0.3, 0.4) is 0 Å². The topological polar surface area (TPSA) is 63.3 Å².